The molecule has 4 nitrogen and oxygen atoms in total. The lowest BCUT2D eigenvalue weighted by molar-refractivity contribution is 0.0825. The third-order valence-electron chi connectivity index (χ3n) is 4.39. The summed E-state index contributed by atoms with van der Waals surface area (Å²) in [5.41, 5.74) is 0.972. The van der Waals surface area contributed by atoms with Crippen molar-refractivity contribution in [3.63, 3.8) is 0 Å². The zero-order valence-corrected chi connectivity index (χ0v) is 13.4. The monoisotopic (exact) mass is 312 g/mol. The maximum Gasteiger partial charge on any atom is 0.129 e. The molecule has 3 atom stereocenters. The minimum absolute atomic E-state index is 0.0631. The van der Waals surface area contributed by atoms with Crippen LogP contribution >= 0.6 is 0 Å². The Kier molecular flexibility index (Phi) is 5.16. The average Bonchev–Trinajstić information content (AvgIpc) is 2.58. The normalized spacial score (nSPS) is 24.2. The summed E-state index contributed by atoms with van der Waals surface area (Å²) < 4.78 is 5.86. The SMILES string of the molecule is CN[C@@H]1CCC[C@@H](Nc2cccc(Oc3ccccc3)c2)[C@@H]1O. The molecule has 2 aromatic rings. The summed E-state index contributed by atoms with van der Waals surface area (Å²) in [5, 5.41) is 17.1. The molecule has 0 spiro atoms. The Balaban J connectivity index is 1.68. The van der Waals surface area contributed by atoms with E-state index in [1.165, 1.54) is 0 Å². The van der Waals surface area contributed by atoms with Crippen LogP contribution in [0.15, 0.2) is 54.6 Å². The van der Waals surface area contributed by atoms with Crippen molar-refractivity contribution in [2.45, 2.75) is 37.5 Å². The lowest BCUT2D eigenvalue weighted by Gasteiger charge is -2.35. The Bertz CT molecular complexity index is 618. The number of aliphatic hydroxyl groups is 1. The highest BCUT2D eigenvalue weighted by Gasteiger charge is 2.30. The molecule has 122 valence electrons. The van der Waals surface area contributed by atoms with Gasteiger partial charge in [0.2, 0.25) is 0 Å². The topological polar surface area (TPSA) is 53.5 Å². The Labute approximate surface area is 137 Å². The quantitative estimate of drug-likeness (QED) is 0.792. The fourth-order valence-corrected chi connectivity index (χ4v) is 3.14. The molecule has 4 heteroatoms. The van der Waals surface area contributed by atoms with Crippen molar-refractivity contribution >= 4 is 5.69 Å². The fourth-order valence-electron chi connectivity index (χ4n) is 3.14. The highest BCUT2D eigenvalue weighted by atomic mass is 16.5. The Hall–Kier alpha value is -2.04. The minimum atomic E-state index is -0.382. The molecule has 0 heterocycles. The van der Waals surface area contributed by atoms with E-state index in [4.69, 9.17) is 4.74 Å². The fraction of sp³-hybridized carbons (Fsp3) is 0.368. The lowest BCUT2D eigenvalue weighted by Crippen LogP contribution is -2.50. The second kappa shape index (κ2) is 7.49. The van der Waals surface area contributed by atoms with Gasteiger partial charge in [-0.2, -0.15) is 0 Å². The third-order valence-corrected chi connectivity index (χ3v) is 4.39. The van der Waals surface area contributed by atoms with E-state index >= 15 is 0 Å². The van der Waals surface area contributed by atoms with Gasteiger partial charge in [0.15, 0.2) is 0 Å². The van der Waals surface area contributed by atoms with Crippen LogP contribution < -0.4 is 15.4 Å². The minimum Gasteiger partial charge on any atom is -0.457 e. The molecule has 0 bridgehead atoms. The molecule has 1 saturated carbocycles. The largest absolute Gasteiger partial charge is 0.457 e. The summed E-state index contributed by atoms with van der Waals surface area (Å²) in [7, 11) is 1.91. The summed E-state index contributed by atoms with van der Waals surface area (Å²) in [6.07, 6.45) is 2.73. The molecule has 0 unspecified atom stereocenters. The van der Waals surface area contributed by atoms with Gasteiger partial charge in [-0.05, 0) is 50.6 Å². The molecule has 0 amide bonds. The van der Waals surface area contributed by atoms with Gasteiger partial charge in [-0.25, -0.2) is 0 Å². The van der Waals surface area contributed by atoms with Gasteiger partial charge in [-0.1, -0.05) is 24.3 Å². The summed E-state index contributed by atoms with van der Waals surface area (Å²) in [6.45, 7) is 0. The molecule has 1 aliphatic rings. The number of ether oxygens (including phenoxy) is 1. The van der Waals surface area contributed by atoms with Crippen molar-refractivity contribution in [1.82, 2.24) is 5.32 Å². The summed E-state index contributed by atoms with van der Waals surface area (Å²) in [6, 6.07) is 17.8. The first-order valence-corrected chi connectivity index (χ1v) is 8.21. The number of nitrogens with one attached hydrogen (secondary N) is 2. The van der Waals surface area contributed by atoms with Crippen molar-refractivity contribution in [2.75, 3.05) is 12.4 Å². The number of hydrogen-bond donors (Lipinski definition) is 3. The van der Waals surface area contributed by atoms with Gasteiger partial charge in [0.25, 0.3) is 0 Å². The van der Waals surface area contributed by atoms with E-state index < -0.39 is 0 Å². The van der Waals surface area contributed by atoms with E-state index in [9.17, 15) is 5.11 Å². The van der Waals surface area contributed by atoms with Crippen LogP contribution in [0.25, 0.3) is 0 Å². The van der Waals surface area contributed by atoms with Crippen LogP contribution in [0.5, 0.6) is 11.5 Å². The second-order valence-corrected chi connectivity index (χ2v) is 6.01. The zero-order valence-electron chi connectivity index (χ0n) is 13.4. The van der Waals surface area contributed by atoms with Crippen molar-refractivity contribution < 1.29 is 9.84 Å². The van der Waals surface area contributed by atoms with Crippen molar-refractivity contribution in [3.05, 3.63) is 54.6 Å². The molecule has 3 N–H and O–H groups in total. The van der Waals surface area contributed by atoms with Crippen molar-refractivity contribution in [1.29, 1.82) is 0 Å². The number of anilines is 1. The van der Waals surface area contributed by atoms with Crippen LogP contribution in [0, 0.1) is 0 Å². The van der Waals surface area contributed by atoms with Crippen LogP contribution in [-0.4, -0.2) is 30.3 Å². The average molecular weight is 312 g/mol. The van der Waals surface area contributed by atoms with Gasteiger partial charge >= 0.3 is 0 Å². The lowest BCUT2D eigenvalue weighted by atomic mass is 9.88. The summed E-state index contributed by atoms with van der Waals surface area (Å²) >= 11 is 0. The maximum absolute atomic E-state index is 10.4. The predicted octanol–water partition coefficient (Wildman–Crippen LogP) is 3.39. The number of likely N-dealkylation sites (N-methyl/N-ethyl adjacent to an activating group) is 1. The standard InChI is InChI=1S/C19H24N2O2/c1-20-17-11-6-12-18(19(17)22)21-14-7-5-10-16(13-14)23-15-8-3-2-4-9-15/h2-5,7-10,13,17-22H,6,11-12H2,1H3/t17-,18-,19-/m1/s1. The molecular formula is C19H24N2O2. The van der Waals surface area contributed by atoms with Crippen LogP contribution in [-0.2, 0) is 0 Å². The van der Waals surface area contributed by atoms with E-state index in [0.717, 1.165) is 36.4 Å². The van der Waals surface area contributed by atoms with Gasteiger partial charge in [0.05, 0.1) is 12.1 Å². The Morgan fingerprint density at radius 3 is 2.48 bits per heavy atom. The highest BCUT2D eigenvalue weighted by molar-refractivity contribution is 5.50. The highest BCUT2D eigenvalue weighted by Crippen LogP contribution is 2.27. The van der Waals surface area contributed by atoms with Crippen molar-refractivity contribution in [2.24, 2.45) is 0 Å². The van der Waals surface area contributed by atoms with Gasteiger partial charge in [-0.15, -0.1) is 0 Å². The number of aliphatic hydroxyl groups excluding tert-OH is 1. The van der Waals surface area contributed by atoms with Gasteiger partial charge < -0.3 is 20.5 Å². The number of hydrogen-bond acceptors (Lipinski definition) is 4. The third kappa shape index (κ3) is 4.03. The van der Waals surface area contributed by atoms with Gasteiger partial charge in [0, 0.05) is 17.8 Å². The number of para-hydroxylation sites is 1. The predicted molar refractivity (Wildman–Crippen MR) is 93.1 cm³/mol. The van der Waals surface area contributed by atoms with Crippen LogP contribution in [0.4, 0.5) is 5.69 Å². The molecule has 0 aromatic heterocycles. The first-order valence-electron chi connectivity index (χ1n) is 8.21. The molecule has 1 fully saturated rings. The van der Waals surface area contributed by atoms with Crippen LogP contribution in [0.2, 0.25) is 0 Å². The van der Waals surface area contributed by atoms with E-state index in [0.29, 0.717) is 0 Å². The molecule has 23 heavy (non-hydrogen) atoms. The maximum atomic E-state index is 10.4. The van der Waals surface area contributed by atoms with E-state index in [1.54, 1.807) is 0 Å². The van der Waals surface area contributed by atoms with Gasteiger partial charge in [-0.3, -0.25) is 0 Å². The number of benzene rings is 2. The molecule has 0 radical (unpaired) electrons. The molecule has 1 aliphatic carbocycles. The molecule has 0 aliphatic heterocycles. The number of rotatable bonds is 5. The molecule has 2 aromatic carbocycles. The summed E-state index contributed by atoms with van der Waals surface area (Å²) in [4.78, 5) is 0. The Morgan fingerprint density at radius 2 is 1.70 bits per heavy atom. The van der Waals surface area contributed by atoms with Crippen molar-refractivity contribution in [3.8, 4) is 11.5 Å². The molecule has 0 saturated heterocycles. The van der Waals surface area contributed by atoms with E-state index in [1.807, 2.05) is 61.6 Å². The molecular weight excluding hydrogens is 288 g/mol. The first kappa shape index (κ1) is 15.8. The zero-order chi connectivity index (χ0) is 16.1. The van der Waals surface area contributed by atoms with Crippen LogP contribution in [0.1, 0.15) is 19.3 Å². The Morgan fingerprint density at radius 1 is 0.957 bits per heavy atom. The van der Waals surface area contributed by atoms with E-state index in [2.05, 4.69) is 10.6 Å². The van der Waals surface area contributed by atoms with E-state index in [-0.39, 0.29) is 18.2 Å². The second-order valence-electron chi connectivity index (χ2n) is 6.01. The smallest absolute Gasteiger partial charge is 0.129 e. The van der Waals surface area contributed by atoms with Crippen LogP contribution in [0.3, 0.4) is 0 Å². The summed E-state index contributed by atoms with van der Waals surface area (Å²) in [5.74, 6) is 1.61. The molecule has 3 rings (SSSR count). The first-order chi connectivity index (χ1) is 11.3. The van der Waals surface area contributed by atoms with Gasteiger partial charge in [0.1, 0.15) is 11.5 Å².